The maximum atomic E-state index is 12.1. The van der Waals surface area contributed by atoms with E-state index in [1.165, 1.54) is 12.3 Å². The fourth-order valence-corrected chi connectivity index (χ4v) is 3.28. The van der Waals surface area contributed by atoms with E-state index >= 15 is 0 Å². The molecule has 0 aliphatic carbocycles. The van der Waals surface area contributed by atoms with Crippen molar-refractivity contribution in [1.29, 1.82) is 0 Å². The molecule has 0 saturated carbocycles. The lowest BCUT2D eigenvalue weighted by atomic mass is 10.3. The first-order valence-electron chi connectivity index (χ1n) is 5.88. The Labute approximate surface area is 125 Å². The van der Waals surface area contributed by atoms with Crippen LogP contribution in [0.1, 0.15) is 12.2 Å². The Bertz CT molecular complexity index is 672. The SMILES string of the molecule is Nc1ncc(Br)cc1S(=O)(=O)NCCCc1ncc[nH]1. The molecule has 2 aromatic rings. The molecule has 0 radical (unpaired) electrons. The highest BCUT2D eigenvalue weighted by molar-refractivity contribution is 9.10. The minimum absolute atomic E-state index is 0.0215. The Balaban J connectivity index is 1.95. The van der Waals surface area contributed by atoms with Crippen LogP contribution < -0.4 is 10.5 Å². The number of hydrogen-bond donors (Lipinski definition) is 3. The first kappa shape index (κ1) is 14.9. The molecule has 4 N–H and O–H groups in total. The first-order valence-corrected chi connectivity index (χ1v) is 8.15. The molecule has 108 valence electrons. The standard InChI is InChI=1S/C11H14BrN5O2S/c12-8-6-9(11(13)16-7-8)20(18,19)17-3-1-2-10-14-4-5-15-10/h4-7,17H,1-3H2,(H2,13,16)(H,14,15). The number of nitrogen functional groups attached to an aromatic ring is 1. The van der Waals surface area contributed by atoms with E-state index in [0.717, 1.165) is 5.82 Å². The molecule has 0 unspecified atom stereocenters. The number of nitrogens with two attached hydrogens (primary N) is 1. The maximum absolute atomic E-state index is 12.1. The number of aromatic nitrogens is 3. The van der Waals surface area contributed by atoms with Crippen LogP contribution in [0.5, 0.6) is 0 Å². The van der Waals surface area contributed by atoms with Gasteiger partial charge in [0, 0.05) is 36.0 Å². The van der Waals surface area contributed by atoms with Crippen molar-refractivity contribution in [3.63, 3.8) is 0 Å². The van der Waals surface area contributed by atoms with Gasteiger partial charge in [-0.15, -0.1) is 0 Å². The lowest BCUT2D eigenvalue weighted by Crippen LogP contribution is -2.26. The highest BCUT2D eigenvalue weighted by Crippen LogP contribution is 2.20. The fourth-order valence-electron chi connectivity index (χ4n) is 1.62. The zero-order chi connectivity index (χ0) is 14.6. The molecule has 9 heteroatoms. The van der Waals surface area contributed by atoms with Crippen molar-refractivity contribution in [1.82, 2.24) is 19.7 Å². The number of pyridine rings is 1. The second-order valence-corrected chi connectivity index (χ2v) is 6.73. The summed E-state index contributed by atoms with van der Waals surface area (Å²) >= 11 is 3.17. The number of hydrogen-bond acceptors (Lipinski definition) is 5. The van der Waals surface area contributed by atoms with Crippen molar-refractivity contribution in [3.05, 3.63) is 35.0 Å². The van der Waals surface area contributed by atoms with Gasteiger partial charge in [-0.1, -0.05) is 0 Å². The number of aryl methyl sites for hydroxylation is 1. The van der Waals surface area contributed by atoms with Crippen molar-refractivity contribution in [3.8, 4) is 0 Å². The Kier molecular flexibility index (Phi) is 4.73. The van der Waals surface area contributed by atoms with Gasteiger partial charge < -0.3 is 10.7 Å². The van der Waals surface area contributed by atoms with Crippen LogP contribution in [0.4, 0.5) is 5.82 Å². The fraction of sp³-hybridized carbons (Fsp3) is 0.273. The van der Waals surface area contributed by atoms with Gasteiger partial charge in [0.05, 0.1) is 0 Å². The monoisotopic (exact) mass is 359 g/mol. The molecule has 0 saturated heterocycles. The van der Waals surface area contributed by atoms with Gasteiger partial charge in [0.15, 0.2) is 0 Å². The van der Waals surface area contributed by atoms with Crippen molar-refractivity contribution in [2.45, 2.75) is 17.7 Å². The van der Waals surface area contributed by atoms with Crippen LogP contribution in [-0.2, 0) is 16.4 Å². The molecule has 2 rings (SSSR count). The quantitative estimate of drug-likeness (QED) is 0.667. The number of nitrogens with one attached hydrogen (secondary N) is 2. The van der Waals surface area contributed by atoms with Crippen molar-refractivity contribution in [2.75, 3.05) is 12.3 Å². The van der Waals surface area contributed by atoms with Crippen LogP contribution in [-0.4, -0.2) is 29.9 Å². The third kappa shape index (κ3) is 3.78. The molecule has 2 heterocycles. The molecule has 0 fully saturated rings. The summed E-state index contributed by atoms with van der Waals surface area (Å²) in [4.78, 5) is 10.8. The van der Waals surface area contributed by atoms with Gasteiger partial charge in [0.1, 0.15) is 16.5 Å². The van der Waals surface area contributed by atoms with E-state index < -0.39 is 10.0 Å². The molecule has 0 aromatic carbocycles. The molecular formula is C11H14BrN5O2S. The molecule has 2 aromatic heterocycles. The van der Waals surface area contributed by atoms with Crippen LogP contribution in [0.2, 0.25) is 0 Å². The van der Waals surface area contributed by atoms with E-state index in [9.17, 15) is 8.42 Å². The Morgan fingerprint density at radius 2 is 2.20 bits per heavy atom. The second-order valence-electron chi connectivity index (χ2n) is 4.07. The maximum Gasteiger partial charge on any atom is 0.244 e. The molecule has 0 spiro atoms. The van der Waals surface area contributed by atoms with E-state index in [4.69, 9.17) is 5.73 Å². The average molecular weight is 360 g/mol. The highest BCUT2D eigenvalue weighted by Gasteiger charge is 2.18. The lowest BCUT2D eigenvalue weighted by molar-refractivity contribution is 0.578. The molecular weight excluding hydrogens is 346 g/mol. The minimum atomic E-state index is -3.65. The largest absolute Gasteiger partial charge is 0.383 e. The summed E-state index contributed by atoms with van der Waals surface area (Å²) in [5, 5.41) is 0. The van der Waals surface area contributed by atoms with Crippen molar-refractivity contribution >= 4 is 31.8 Å². The van der Waals surface area contributed by atoms with Gasteiger partial charge in [0.25, 0.3) is 0 Å². The van der Waals surface area contributed by atoms with E-state index in [1.807, 2.05) is 0 Å². The number of H-pyrrole nitrogens is 1. The van der Waals surface area contributed by atoms with E-state index in [-0.39, 0.29) is 10.7 Å². The van der Waals surface area contributed by atoms with Crippen molar-refractivity contribution < 1.29 is 8.42 Å². The zero-order valence-electron chi connectivity index (χ0n) is 10.5. The van der Waals surface area contributed by atoms with Gasteiger partial charge in [-0.3, -0.25) is 0 Å². The van der Waals surface area contributed by atoms with Gasteiger partial charge >= 0.3 is 0 Å². The molecule has 0 aliphatic heterocycles. The second kappa shape index (κ2) is 6.33. The highest BCUT2D eigenvalue weighted by atomic mass is 79.9. The van der Waals surface area contributed by atoms with Crippen LogP contribution in [0.15, 0.2) is 34.0 Å². The summed E-state index contributed by atoms with van der Waals surface area (Å²) in [5.41, 5.74) is 5.59. The zero-order valence-corrected chi connectivity index (χ0v) is 12.9. The van der Waals surface area contributed by atoms with Crippen molar-refractivity contribution in [2.24, 2.45) is 0 Å². The topological polar surface area (TPSA) is 114 Å². The van der Waals surface area contributed by atoms with Crippen LogP contribution >= 0.6 is 15.9 Å². The Hall–Kier alpha value is -1.45. The molecule has 0 amide bonds. The number of halogens is 1. The number of aromatic amines is 1. The van der Waals surface area contributed by atoms with E-state index in [0.29, 0.717) is 23.9 Å². The number of sulfonamides is 1. The van der Waals surface area contributed by atoms with E-state index in [1.54, 1.807) is 12.4 Å². The third-order valence-corrected chi connectivity index (χ3v) is 4.50. The summed E-state index contributed by atoms with van der Waals surface area (Å²) in [6, 6.07) is 1.43. The number of anilines is 1. The average Bonchev–Trinajstić information content (AvgIpc) is 2.90. The van der Waals surface area contributed by atoms with E-state index in [2.05, 4.69) is 35.6 Å². The molecule has 20 heavy (non-hydrogen) atoms. The minimum Gasteiger partial charge on any atom is -0.383 e. The van der Waals surface area contributed by atoms with Gasteiger partial charge in [-0.05, 0) is 28.4 Å². The summed E-state index contributed by atoms with van der Waals surface area (Å²) < 4.78 is 27.2. The van der Waals surface area contributed by atoms with Gasteiger partial charge in [0.2, 0.25) is 10.0 Å². The van der Waals surface area contributed by atoms with Crippen LogP contribution in [0.25, 0.3) is 0 Å². The Morgan fingerprint density at radius 1 is 1.40 bits per heavy atom. The lowest BCUT2D eigenvalue weighted by Gasteiger charge is -2.08. The molecule has 0 atom stereocenters. The number of imidazole rings is 1. The van der Waals surface area contributed by atoms with Gasteiger partial charge in [-0.2, -0.15) is 0 Å². The summed E-state index contributed by atoms with van der Waals surface area (Å²) in [6.45, 7) is 0.301. The third-order valence-electron chi connectivity index (χ3n) is 2.58. The number of rotatable bonds is 6. The van der Waals surface area contributed by atoms with Gasteiger partial charge in [-0.25, -0.2) is 23.1 Å². The predicted molar refractivity (Wildman–Crippen MR) is 78.4 cm³/mol. The Morgan fingerprint density at radius 3 is 2.90 bits per heavy atom. The summed E-state index contributed by atoms with van der Waals surface area (Å²) in [7, 11) is -3.65. The predicted octanol–water partition coefficient (Wildman–Crippen LogP) is 1.06. The summed E-state index contributed by atoms with van der Waals surface area (Å²) in [5.74, 6) is 0.805. The molecule has 7 nitrogen and oxygen atoms in total. The number of nitrogens with zero attached hydrogens (tertiary/aromatic N) is 2. The van der Waals surface area contributed by atoms with Crippen LogP contribution in [0, 0.1) is 0 Å². The van der Waals surface area contributed by atoms with Crippen LogP contribution in [0.3, 0.4) is 0 Å². The smallest absolute Gasteiger partial charge is 0.244 e. The molecule has 0 aliphatic rings. The molecule has 0 bridgehead atoms. The summed E-state index contributed by atoms with van der Waals surface area (Å²) in [6.07, 6.45) is 6.14. The normalized spacial score (nSPS) is 11.7. The first-order chi connectivity index (χ1) is 9.49.